The molecule has 0 spiro atoms. The molecule has 0 bridgehead atoms. The molecular formula is C14H19BrN4. The molecule has 0 radical (unpaired) electrons. The number of aryl methyl sites for hydroxylation is 2. The first-order chi connectivity index (χ1) is 8.97. The highest BCUT2D eigenvalue weighted by atomic mass is 79.9. The van der Waals surface area contributed by atoms with Crippen molar-refractivity contribution in [3.63, 3.8) is 0 Å². The first-order valence-electron chi connectivity index (χ1n) is 6.18. The lowest BCUT2D eigenvalue weighted by Crippen LogP contribution is -2.19. The van der Waals surface area contributed by atoms with Crippen molar-refractivity contribution in [2.24, 2.45) is 7.05 Å². The fourth-order valence-corrected chi connectivity index (χ4v) is 2.56. The van der Waals surface area contributed by atoms with E-state index in [1.54, 1.807) is 0 Å². The summed E-state index contributed by atoms with van der Waals surface area (Å²) in [4.78, 5) is 2.26. The SMILES string of the molecule is Cc1nn(C)c(CN(C)Cc2ccc(N)cc2)c1Br. The summed E-state index contributed by atoms with van der Waals surface area (Å²) in [5.41, 5.74) is 9.97. The number of halogens is 1. The van der Waals surface area contributed by atoms with Crippen molar-refractivity contribution in [2.45, 2.75) is 20.0 Å². The molecule has 2 aromatic rings. The van der Waals surface area contributed by atoms with Crippen molar-refractivity contribution >= 4 is 21.6 Å². The number of aromatic nitrogens is 2. The van der Waals surface area contributed by atoms with Gasteiger partial charge in [-0.1, -0.05) is 12.1 Å². The van der Waals surface area contributed by atoms with Gasteiger partial charge in [-0.2, -0.15) is 5.10 Å². The summed E-state index contributed by atoms with van der Waals surface area (Å²) in [6.07, 6.45) is 0. The van der Waals surface area contributed by atoms with Crippen LogP contribution in [0.3, 0.4) is 0 Å². The van der Waals surface area contributed by atoms with Gasteiger partial charge in [0.15, 0.2) is 0 Å². The molecule has 0 fully saturated rings. The number of hydrogen-bond acceptors (Lipinski definition) is 3. The van der Waals surface area contributed by atoms with Gasteiger partial charge in [0.2, 0.25) is 0 Å². The van der Waals surface area contributed by atoms with Gasteiger partial charge in [0.25, 0.3) is 0 Å². The third-order valence-corrected chi connectivity index (χ3v) is 4.15. The quantitative estimate of drug-likeness (QED) is 0.880. The molecule has 0 saturated heterocycles. The van der Waals surface area contributed by atoms with Crippen LogP contribution in [0.5, 0.6) is 0 Å². The average Bonchev–Trinajstić information content (AvgIpc) is 2.59. The molecule has 2 rings (SSSR count). The smallest absolute Gasteiger partial charge is 0.0739 e. The minimum Gasteiger partial charge on any atom is -0.399 e. The number of benzene rings is 1. The van der Waals surface area contributed by atoms with Gasteiger partial charge >= 0.3 is 0 Å². The molecule has 0 atom stereocenters. The Labute approximate surface area is 122 Å². The Morgan fingerprint density at radius 3 is 2.42 bits per heavy atom. The van der Waals surface area contributed by atoms with Crippen LogP contribution in [-0.2, 0) is 20.1 Å². The largest absolute Gasteiger partial charge is 0.399 e. The predicted octanol–water partition coefficient (Wildman–Crippen LogP) is 2.71. The molecule has 0 amide bonds. The van der Waals surface area contributed by atoms with Crippen LogP contribution in [0.15, 0.2) is 28.7 Å². The molecular weight excluding hydrogens is 304 g/mol. The molecule has 5 heteroatoms. The van der Waals surface area contributed by atoms with E-state index in [0.29, 0.717) is 0 Å². The van der Waals surface area contributed by atoms with E-state index >= 15 is 0 Å². The fourth-order valence-electron chi connectivity index (χ4n) is 2.10. The zero-order chi connectivity index (χ0) is 14.0. The van der Waals surface area contributed by atoms with Crippen LogP contribution in [0.2, 0.25) is 0 Å². The van der Waals surface area contributed by atoms with Gasteiger partial charge in [0, 0.05) is 25.8 Å². The van der Waals surface area contributed by atoms with Gasteiger partial charge in [0.1, 0.15) is 0 Å². The van der Waals surface area contributed by atoms with Crippen LogP contribution < -0.4 is 5.73 Å². The summed E-state index contributed by atoms with van der Waals surface area (Å²) in [6, 6.07) is 8.01. The lowest BCUT2D eigenvalue weighted by molar-refractivity contribution is 0.309. The minimum atomic E-state index is 0.802. The Balaban J connectivity index is 2.05. The van der Waals surface area contributed by atoms with Crippen LogP contribution in [0.1, 0.15) is 17.0 Å². The van der Waals surface area contributed by atoms with E-state index in [9.17, 15) is 0 Å². The van der Waals surface area contributed by atoms with Crippen molar-refractivity contribution in [3.05, 3.63) is 45.7 Å². The van der Waals surface area contributed by atoms with E-state index in [1.165, 1.54) is 11.3 Å². The standard InChI is InChI=1S/C14H19BrN4/c1-10-14(15)13(19(3)17-10)9-18(2)8-11-4-6-12(16)7-5-11/h4-7H,8-9,16H2,1-3H3. The predicted molar refractivity (Wildman–Crippen MR) is 81.7 cm³/mol. The van der Waals surface area contributed by atoms with Gasteiger partial charge < -0.3 is 5.73 Å². The molecule has 1 heterocycles. The molecule has 4 nitrogen and oxygen atoms in total. The van der Waals surface area contributed by atoms with Gasteiger partial charge in [0.05, 0.1) is 15.9 Å². The Bertz CT molecular complexity index is 560. The molecule has 2 N–H and O–H groups in total. The van der Waals surface area contributed by atoms with Gasteiger partial charge in [-0.25, -0.2) is 0 Å². The normalized spacial score (nSPS) is 11.2. The summed E-state index contributed by atoms with van der Waals surface area (Å²) >= 11 is 3.60. The first kappa shape index (κ1) is 14.1. The number of nitrogens with two attached hydrogens (primary N) is 1. The fraction of sp³-hybridized carbons (Fsp3) is 0.357. The zero-order valence-corrected chi connectivity index (χ0v) is 13.1. The molecule has 0 aliphatic rings. The lowest BCUT2D eigenvalue weighted by Gasteiger charge is -2.17. The molecule has 102 valence electrons. The molecule has 1 aromatic carbocycles. The molecule has 0 aliphatic carbocycles. The highest BCUT2D eigenvalue weighted by molar-refractivity contribution is 9.10. The van der Waals surface area contributed by atoms with Crippen molar-refractivity contribution in [2.75, 3.05) is 12.8 Å². The number of rotatable bonds is 4. The van der Waals surface area contributed by atoms with Crippen molar-refractivity contribution in [3.8, 4) is 0 Å². The maximum atomic E-state index is 5.69. The second kappa shape index (κ2) is 5.75. The van der Waals surface area contributed by atoms with Crippen LogP contribution in [0.25, 0.3) is 0 Å². The number of nitrogen functional groups attached to an aromatic ring is 1. The second-order valence-corrected chi connectivity index (χ2v) is 5.68. The average molecular weight is 323 g/mol. The third kappa shape index (κ3) is 3.36. The van der Waals surface area contributed by atoms with Crippen LogP contribution in [0, 0.1) is 6.92 Å². The van der Waals surface area contributed by atoms with Crippen LogP contribution in [0.4, 0.5) is 5.69 Å². The van der Waals surface area contributed by atoms with Crippen molar-refractivity contribution in [1.29, 1.82) is 0 Å². The van der Waals surface area contributed by atoms with E-state index in [2.05, 4.69) is 45.1 Å². The number of nitrogens with zero attached hydrogens (tertiary/aromatic N) is 3. The minimum absolute atomic E-state index is 0.802. The van der Waals surface area contributed by atoms with E-state index in [-0.39, 0.29) is 0 Å². The summed E-state index contributed by atoms with van der Waals surface area (Å²) in [5.74, 6) is 0. The maximum absolute atomic E-state index is 5.69. The van der Waals surface area contributed by atoms with Crippen molar-refractivity contribution in [1.82, 2.24) is 14.7 Å². The summed E-state index contributed by atoms with van der Waals surface area (Å²) in [5, 5.41) is 4.41. The van der Waals surface area contributed by atoms with Gasteiger partial charge in [-0.15, -0.1) is 0 Å². The van der Waals surface area contributed by atoms with Gasteiger partial charge in [-0.05, 0) is 47.6 Å². The van der Waals surface area contributed by atoms with Crippen LogP contribution in [-0.4, -0.2) is 21.7 Å². The van der Waals surface area contributed by atoms with E-state index in [0.717, 1.165) is 28.9 Å². The van der Waals surface area contributed by atoms with E-state index in [1.807, 2.05) is 30.8 Å². The zero-order valence-electron chi connectivity index (χ0n) is 11.5. The molecule has 0 unspecified atom stereocenters. The molecule has 0 saturated carbocycles. The number of hydrogen-bond donors (Lipinski definition) is 1. The number of anilines is 1. The van der Waals surface area contributed by atoms with Gasteiger partial charge in [-0.3, -0.25) is 9.58 Å². The third-order valence-electron chi connectivity index (χ3n) is 3.11. The molecule has 1 aromatic heterocycles. The highest BCUT2D eigenvalue weighted by Gasteiger charge is 2.12. The van der Waals surface area contributed by atoms with E-state index < -0.39 is 0 Å². The van der Waals surface area contributed by atoms with Crippen LogP contribution >= 0.6 is 15.9 Å². The Morgan fingerprint density at radius 1 is 1.26 bits per heavy atom. The van der Waals surface area contributed by atoms with E-state index in [4.69, 9.17) is 5.73 Å². The topological polar surface area (TPSA) is 47.1 Å². The van der Waals surface area contributed by atoms with Crippen molar-refractivity contribution < 1.29 is 0 Å². The monoisotopic (exact) mass is 322 g/mol. The summed E-state index contributed by atoms with van der Waals surface area (Å²) < 4.78 is 3.03. The Morgan fingerprint density at radius 2 is 1.89 bits per heavy atom. The Hall–Kier alpha value is -1.33. The highest BCUT2D eigenvalue weighted by Crippen LogP contribution is 2.21. The lowest BCUT2D eigenvalue weighted by atomic mass is 10.2. The summed E-state index contributed by atoms with van der Waals surface area (Å²) in [7, 11) is 4.08. The second-order valence-electron chi connectivity index (χ2n) is 4.88. The first-order valence-corrected chi connectivity index (χ1v) is 6.97. The Kier molecular flexibility index (Phi) is 4.27. The molecule has 19 heavy (non-hydrogen) atoms. The summed E-state index contributed by atoms with van der Waals surface area (Å²) in [6.45, 7) is 3.74. The maximum Gasteiger partial charge on any atom is 0.0739 e. The molecule has 0 aliphatic heterocycles.